The van der Waals surface area contributed by atoms with Crippen molar-refractivity contribution in [2.24, 2.45) is 5.73 Å². The predicted octanol–water partition coefficient (Wildman–Crippen LogP) is 2.57. The number of nitrogens with one attached hydrogen (secondary N) is 1. The van der Waals surface area contributed by atoms with Gasteiger partial charge in [-0.15, -0.1) is 0 Å². The van der Waals surface area contributed by atoms with E-state index in [9.17, 15) is 0 Å². The van der Waals surface area contributed by atoms with Crippen molar-refractivity contribution >= 4 is 34.9 Å². The molecule has 0 bridgehead atoms. The topological polar surface area (TPSA) is 53.1 Å². The number of nitrogens with two attached hydrogens (primary N) is 1. The maximum atomic E-state index is 7.38. The van der Waals surface area contributed by atoms with E-state index in [-0.39, 0.29) is 5.84 Å². The number of nitrogen functional groups attached to an aromatic ring is 1. The van der Waals surface area contributed by atoms with E-state index < -0.39 is 0 Å². The Morgan fingerprint density at radius 1 is 1.35 bits per heavy atom. The van der Waals surface area contributed by atoms with Crippen LogP contribution in [0.5, 0.6) is 0 Å². The second kappa shape index (κ2) is 5.65. The second-order valence-corrected chi connectivity index (χ2v) is 5.66. The Bertz CT molecular complexity index is 414. The third-order valence-corrected chi connectivity index (χ3v) is 4.17. The zero-order chi connectivity index (χ0) is 12.3. The molecule has 3 nitrogen and oxygen atoms in total. The third-order valence-electron chi connectivity index (χ3n) is 2.82. The Balaban J connectivity index is 2.22. The molecular weight excluding hydrogens is 254 g/mol. The molecule has 92 valence electrons. The van der Waals surface area contributed by atoms with Crippen molar-refractivity contribution in [3.05, 3.63) is 28.8 Å². The van der Waals surface area contributed by atoms with Gasteiger partial charge >= 0.3 is 0 Å². The highest BCUT2D eigenvalue weighted by molar-refractivity contribution is 7.99. The first-order valence-electron chi connectivity index (χ1n) is 5.65. The van der Waals surface area contributed by atoms with E-state index in [0.29, 0.717) is 10.6 Å². The molecule has 1 heterocycles. The van der Waals surface area contributed by atoms with E-state index in [1.807, 2.05) is 23.9 Å². The van der Waals surface area contributed by atoms with Crippen LogP contribution in [0.25, 0.3) is 0 Å². The van der Waals surface area contributed by atoms with Crippen molar-refractivity contribution in [3.8, 4) is 0 Å². The van der Waals surface area contributed by atoms with Crippen LogP contribution in [0.1, 0.15) is 12.0 Å². The molecule has 1 fully saturated rings. The fourth-order valence-electron chi connectivity index (χ4n) is 1.92. The number of amidine groups is 1. The van der Waals surface area contributed by atoms with E-state index in [2.05, 4.69) is 4.90 Å². The van der Waals surface area contributed by atoms with Crippen LogP contribution >= 0.6 is 23.4 Å². The first-order valence-corrected chi connectivity index (χ1v) is 7.18. The summed E-state index contributed by atoms with van der Waals surface area (Å²) in [6.45, 7) is 2.08. The van der Waals surface area contributed by atoms with Crippen LogP contribution < -0.4 is 10.6 Å². The highest BCUT2D eigenvalue weighted by atomic mass is 35.5. The molecule has 1 aliphatic heterocycles. The summed E-state index contributed by atoms with van der Waals surface area (Å²) >= 11 is 8.25. The summed E-state index contributed by atoms with van der Waals surface area (Å²) in [5.74, 6) is 2.43. The molecule has 0 unspecified atom stereocenters. The highest BCUT2D eigenvalue weighted by Crippen LogP contribution is 2.28. The lowest BCUT2D eigenvalue weighted by atomic mass is 10.1. The number of rotatable bonds is 2. The zero-order valence-corrected chi connectivity index (χ0v) is 11.2. The van der Waals surface area contributed by atoms with Crippen molar-refractivity contribution in [2.45, 2.75) is 6.42 Å². The van der Waals surface area contributed by atoms with E-state index in [1.165, 1.54) is 12.2 Å². The number of halogens is 1. The first-order chi connectivity index (χ1) is 8.18. The van der Waals surface area contributed by atoms with Crippen LogP contribution in [0.4, 0.5) is 5.69 Å². The van der Waals surface area contributed by atoms with Gasteiger partial charge in [0.25, 0.3) is 0 Å². The van der Waals surface area contributed by atoms with Crippen LogP contribution in [0.2, 0.25) is 5.02 Å². The summed E-state index contributed by atoms with van der Waals surface area (Å²) in [7, 11) is 0. The van der Waals surface area contributed by atoms with Gasteiger partial charge < -0.3 is 10.6 Å². The quantitative estimate of drug-likeness (QED) is 0.641. The van der Waals surface area contributed by atoms with Crippen LogP contribution in [0, 0.1) is 5.41 Å². The summed E-state index contributed by atoms with van der Waals surface area (Å²) in [5, 5.41) is 8.07. The third kappa shape index (κ3) is 3.07. The fourth-order valence-corrected chi connectivity index (χ4v) is 3.10. The minimum absolute atomic E-state index is 0.0601. The molecular formula is C12H16ClN3S. The van der Waals surface area contributed by atoms with Gasteiger partial charge in [-0.05, 0) is 30.4 Å². The van der Waals surface area contributed by atoms with Gasteiger partial charge in [0.05, 0.1) is 10.7 Å². The maximum absolute atomic E-state index is 7.38. The first kappa shape index (κ1) is 12.6. The van der Waals surface area contributed by atoms with Gasteiger partial charge in [-0.2, -0.15) is 11.8 Å². The minimum atomic E-state index is 0.0601. The predicted molar refractivity (Wildman–Crippen MR) is 76.6 cm³/mol. The lowest BCUT2D eigenvalue weighted by Gasteiger charge is -2.23. The molecule has 0 atom stereocenters. The van der Waals surface area contributed by atoms with Crippen molar-refractivity contribution in [1.82, 2.24) is 0 Å². The summed E-state index contributed by atoms with van der Waals surface area (Å²) in [6.07, 6.45) is 1.19. The number of anilines is 1. The Hall–Kier alpha value is -0.870. The Labute approximate surface area is 111 Å². The highest BCUT2D eigenvalue weighted by Gasteiger charge is 2.13. The van der Waals surface area contributed by atoms with Gasteiger partial charge in [0.15, 0.2) is 0 Å². The molecule has 3 N–H and O–H groups in total. The molecule has 5 heteroatoms. The average Bonchev–Trinajstić information content (AvgIpc) is 2.57. The molecule has 0 aromatic heterocycles. The normalized spacial score (nSPS) is 16.6. The largest absolute Gasteiger partial charge is 0.384 e. The van der Waals surface area contributed by atoms with Crippen LogP contribution in [0.15, 0.2) is 18.2 Å². The van der Waals surface area contributed by atoms with Crippen molar-refractivity contribution in [2.75, 3.05) is 29.5 Å². The Morgan fingerprint density at radius 3 is 2.88 bits per heavy atom. The van der Waals surface area contributed by atoms with Gasteiger partial charge in [-0.25, -0.2) is 0 Å². The van der Waals surface area contributed by atoms with Crippen LogP contribution in [-0.4, -0.2) is 30.4 Å². The molecule has 17 heavy (non-hydrogen) atoms. The summed E-state index contributed by atoms with van der Waals surface area (Å²) < 4.78 is 0. The Kier molecular flexibility index (Phi) is 4.18. The monoisotopic (exact) mass is 269 g/mol. The molecule has 2 rings (SSSR count). The molecule has 0 radical (unpaired) electrons. The molecule has 1 aliphatic rings. The summed E-state index contributed by atoms with van der Waals surface area (Å²) in [4.78, 5) is 2.31. The number of nitrogens with zero attached hydrogens (tertiary/aromatic N) is 1. The van der Waals surface area contributed by atoms with Crippen molar-refractivity contribution in [1.29, 1.82) is 5.41 Å². The minimum Gasteiger partial charge on any atom is -0.384 e. The standard InChI is InChI=1S/C12H16ClN3S/c13-10-8-9(12(14)15)2-3-11(10)16-4-1-6-17-7-5-16/h2-3,8H,1,4-7H2,(H3,14,15). The molecule has 1 aromatic carbocycles. The maximum Gasteiger partial charge on any atom is 0.122 e. The second-order valence-electron chi connectivity index (χ2n) is 4.03. The number of hydrogen-bond acceptors (Lipinski definition) is 3. The SMILES string of the molecule is N=C(N)c1ccc(N2CCCSCC2)c(Cl)c1. The Morgan fingerprint density at radius 2 is 2.18 bits per heavy atom. The molecule has 1 aromatic rings. The van der Waals surface area contributed by atoms with E-state index >= 15 is 0 Å². The molecule has 0 spiro atoms. The smallest absolute Gasteiger partial charge is 0.122 e. The van der Waals surface area contributed by atoms with Crippen LogP contribution in [-0.2, 0) is 0 Å². The molecule has 0 aliphatic carbocycles. The summed E-state index contributed by atoms with van der Waals surface area (Å²) in [5.41, 5.74) is 7.18. The molecule has 0 saturated carbocycles. The average molecular weight is 270 g/mol. The lowest BCUT2D eigenvalue weighted by Crippen LogP contribution is -2.25. The van der Waals surface area contributed by atoms with Gasteiger partial charge in [-0.3, -0.25) is 5.41 Å². The van der Waals surface area contributed by atoms with Gasteiger partial charge in [0.2, 0.25) is 0 Å². The van der Waals surface area contributed by atoms with E-state index in [1.54, 1.807) is 6.07 Å². The van der Waals surface area contributed by atoms with Gasteiger partial charge in [-0.1, -0.05) is 11.6 Å². The lowest BCUT2D eigenvalue weighted by molar-refractivity contribution is 0.816. The van der Waals surface area contributed by atoms with E-state index in [4.69, 9.17) is 22.7 Å². The van der Waals surface area contributed by atoms with Crippen molar-refractivity contribution < 1.29 is 0 Å². The molecule has 1 saturated heterocycles. The number of thioether (sulfide) groups is 1. The van der Waals surface area contributed by atoms with Gasteiger partial charge in [0.1, 0.15) is 5.84 Å². The van der Waals surface area contributed by atoms with E-state index in [0.717, 1.165) is 24.5 Å². The van der Waals surface area contributed by atoms with Gasteiger partial charge in [0, 0.05) is 24.4 Å². The fraction of sp³-hybridized carbons (Fsp3) is 0.417. The number of benzene rings is 1. The van der Waals surface area contributed by atoms with Crippen molar-refractivity contribution in [3.63, 3.8) is 0 Å². The van der Waals surface area contributed by atoms with Crippen LogP contribution in [0.3, 0.4) is 0 Å². The number of hydrogen-bond donors (Lipinski definition) is 2. The zero-order valence-electron chi connectivity index (χ0n) is 9.58. The summed E-state index contributed by atoms with van der Waals surface area (Å²) in [6, 6.07) is 5.61. The molecule has 0 amide bonds.